The summed E-state index contributed by atoms with van der Waals surface area (Å²) >= 11 is 0. The van der Waals surface area contributed by atoms with Crippen LogP contribution in [0.25, 0.3) is 0 Å². The lowest BCUT2D eigenvalue weighted by molar-refractivity contribution is -0.150. The molecule has 6 nitrogen and oxygen atoms in total. The van der Waals surface area contributed by atoms with Crippen LogP contribution < -0.4 is 11.5 Å². The van der Waals surface area contributed by atoms with Crippen LogP contribution in [0.1, 0.15) is 14.4 Å². The van der Waals surface area contributed by atoms with Gasteiger partial charge in [-0.2, -0.15) is 0 Å². The van der Waals surface area contributed by atoms with Crippen molar-refractivity contribution in [3.8, 4) is 0 Å². The monoisotopic (exact) mass is 206 g/mol. The SMILES string of the molecule is C.CCOC(=O)[C@@H](N)COC(=O)CN. The third-order valence-electron chi connectivity index (χ3n) is 1.18. The first-order valence-corrected chi connectivity index (χ1v) is 3.89. The molecule has 0 saturated carbocycles. The number of carbonyl (C=O) groups is 2. The molecule has 0 aromatic rings. The smallest absolute Gasteiger partial charge is 0.326 e. The van der Waals surface area contributed by atoms with Gasteiger partial charge in [0.1, 0.15) is 12.6 Å². The van der Waals surface area contributed by atoms with Gasteiger partial charge in [0.15, 0.2) is 0 Å². The summed E-state index contributed by atoms with van der Waals surface area (Å²) in [5.74, 6) is -1.19. The third-order valence-corrected chi connectivity index (χ3v) is 1.18. The van der Waals surface area contributed by atoms with Gasteiger partial charge in [-0.15, -0.1) is 0 Å². The molecule has 4 N–H and O–H groups in total. The molecule has 0 saturated heterocycles. The summed E-state index contributed by atoms with van der Waals surface area (Å²) in [6, 6.07) is -0.935. The van der Waals surface area contributed by atoms with Crippen LogP contribution in [0, 0.1) is 0 Å². The highest BCUT2D eigenvalue weighted by Crippen LogP contribution is 1.87. The second-order valence-corrected chi connectivity index (χ2v) is 2.25. The Hall–Kier alpha value is -1.14. The van der Waals surface area contributed by atoms with Crippen LogP contribution in [0.2, 0.25) is 0 Å². The van der Waals surface area contributed by atoms with Crippen molar-refractivity contribution < 1.29 is 19.1 Å². The van der Waals surface area contributed by atoms with Crippen LogP contribution in [0.4, 0.5) is 0 Å². The fourth-order valence-corrected chi connectivity index (χ4v) is 0.559. The van der Waals surface area contributed by atoms with Crippen molar-refractivity contribution in [3.05, 3.63) is 0 Å². The van der Waals surface area contributed by atoms with Gasteiger partial charge >= 0.3 is 11.9 Å². The average molecular weight is 206 g/mol. The molecule has 0 amide bonds. The quantitative estimate of drug-likeness (QED) is 0.560. The number of ether oxygens (including phenoxy) is 2. The van der Waals surface area contributed by atoms with E-state index in [1.807, 2.05) is 0 Å². The molecule has 0 radical (unpaired) electrons. The maximum atomic E-state index is 10.9. The lowest BCUT2D eigenvalue weighted by atomic mass is 10.3. The van der Waals surface area contributed by atoms with Gasteiger partial charge in [-0.3, -0.25) is 9.59 Å². The van der Waals surface area contributed by atoms with Gasteiger partial charge in [0, 0.05) is 0 Å². The Balaban J connectivity index is 0. The van der Waals surface area contributed by atoms with Gasteiger partial charge in [-0.1, -0.05) is 7.43 Å². The van der Waals surface area contributed by atoms with Crippen molar-refractivity contribution in [1.29, 1.82) is 0 Å². The van der Waals surface area contributed by atoms with Crippen LogP contribution >= 0.6 is 0 Å². The zero-order valence-corrected chi connectivity index (χ0v) is 7.49. The molecular weight excluding hydrogens is 188 g/mol. The lowest BCUT2D eigenvalue weighted by Crippen LogP contribution is -2.38. The molecule has 14 heavy (non-hydrogen) atoms. The van der Waals surface area contributed by atoms with E-state index in [2.05, 4.69) is 9.47 Å². The summed E-state index contributed by atoms with van der Waals surface area (Å²) in [5.41, 5.74) is 10.3. The fraction of sp³-hybridized carbons (Fsp3) is 0.750. The van der Waals surface area contributed by atoms with Gasteiger partial charge in [-0.05, 0) is 6.92 Å². The number of rotatable bonds is 5. The number of carbonyl (C=O) groups excluding carboxylic acids is 2. The maximum absolute atomic E-state index is 10.9. The number of hydrogen-bond acceptors (Lipinski definition) is 6. The molecule has 0 aliphatic heterocycles. The number of hydrogen-bond donors (Lipinski definition) is 2. The highest BCUT2D eigenvalue weighted by molar-refractivity contribution is 5.76. The van der Waals surface area contributed by atoms with Gasteiger partial charge < -0.3 is 20.9 Å². The van der Waals surface area contributed by atoms with E-state index in [9.17, 15) is 9.59 Å². The average Bonchev–Trinajstić information content (AvgIpc) is 2.13. The van der Waals surface area contributed by atoms with Gasteiger partial charge in [0.05, 0.1) is 13.2 Å². The Labute approximate surface area is 83.5 Å². The van der Waals surface area contributed by atoms with E-state index < -0.39 is 18.0 Å². The first-order chi connectivity index (χ1) is 6.11. The zero-order chi connectivity index (χ0) is 10.3. The normalized spacial score (nSPS) is 11.1. The van der Waals surface area contributed by atoms with Gasteiger partial charge in [-0.25, -0.2) is 0 Å². The molecule has 6 heteroatoms. The summed E-state index contributed by atoms with van der Waals surface area (Å²) in [5, 5.41) is 0. The third kappa shape index (κ3) is 6.38. The second kappa shape index (κ2) is 8.46. The molecule has 0 rings (SSSR count). The van der Waals surface area contributed by atoms with Gasteiger partial charge in [0.25, 0.3) is 0 Å². The molecule has 0 aromatic heterocycles. The second-order valence-electron chi connectivity index (χ2n) is 2.25. The first-order valence-electron chi connectivity index (χ1n) is 3.89. The number of nitrogens with two attached hydrogens (primary N) is 2. The van der Waals surface area contributed by atoms with Crippen LogP contribution in [-0.2, 0) is 19.1 Å². The number of esters is 2. The Bertz CT molecular complexity index is 184. The van der Waals surface area contributed by atoms with Crippen LogP contribution in [0.15, 0.2) is 0 Å². The summed E-state index contributed by atoms with van der Waals surface area (Å²) in [4.78, 5) is 21.4. The predicted molar refractivity (Wildman–Crippen MR) is 51.4 cm³/mol. The lowest BCUT2D eigenvalue weighted by Gasteiger charge is -2.10. The molecule has 0 spiro atoms. The van der Waals surface area contributed by atoms with Crippen molar-refractivity contribution in [3.63, 3.8) is 0 Å². The van der Waals surface area contributed by atoms with Crippen molar-refractivity contribution >= 4 is 11.9 Å². The van der Waals surface area contributed by atoms with Crippen molar-refractivity contribution in [2.45, 2.75) is 20.4 Å². The minimum Gasteiger partial charge on any atom is -0.465 e. The molecule has 0 bridgehead atoms. The summed E-state index contributed by atoms with van der Waals surface area (Å²) in [6.45, 7) is 1.48. The fourth-order valence-electron chi connectivity index (χ4n) is 0.559. The van der Waals surface area contributed by atoms with Crippen LogP contribution in [0.3, 0.4) is 0 Å². The van der Waals surface area contributed by atoms with Crippen molar-refractivity contribution in [2.24, 2.45) is 11.5 Å². The highest BCUT2D eigenvalue weighted by Gasteiger charge is 2.15. The summed E-state index contributed by atoms with van der Waals surface area (Å²) in [6.07, 6.45) is 0. The van der Waals surface area contributed by atoms with Crippen LogP contribution in [0.5, 0.6) is 0 Å². The summed E-state index contributed by atoms with van der Waals surface area (Å²) < 4.78 is 9.11. The van der Waals surface area contributed by atoms with Crippen molar-refractivity contribution in [2.75, 3.05) is 19.8 Å². The predicted octanol–water partition coefficient (Wildman–Crippen LogP) is -0.985. The standard InChI is InChI=1S/C7H14N2O4.CH4/c1-2-12-7(11)5(9)4-13-6(10)3-8;/h5H,2-4,8-9H2,1H3;1H4/t5-;/m0./s1. The molecule has 84 valence electrons. The molecule has 0 aromatic carbocycles. The topological polar surface area (TPSA) is 105 Å². The summed E-state index contributed by atoms with van der Waals surface area (Å²) in [7, 11) is 0. The van der Waals surface area contributed by atoms with E-state index in [1.54, 1.807) is 6.92 Å². The molecule has 0 unspecified atom stereocenters. The van der Waals surface area contributed by atoms with E-state index in [0.29, 0.717) is 0 Å². The highest BCUT2D eigenvalue weighted by atomic mass is 16.5. The Kier molecular flexibility index (Phi) is 9.27. The van der Waals surface area contributed by atoms with E-state index in [1.165, 1.54) is 0 Å². The molecule has 0 aliphatic rings. The molecule has 1 atom stereocenters. The molecule has 0 heterocycles. The van der Waals surface area contributed by atoms with Crippen LogP contribution in [-0.4, -0.2) is 37.7 Å². The Morgan fingerprint density at radius 3 is 2.36 bits per heavy atom. The van der Waals surface area contributed by atoms with E-state index >= 15 is 0 Å². The van der Waals surface area contributed by atoms with E-state index in [4.69, 9.17) is 11.5 Å². The minimum atomic E-state index is -0.935. The molecule has 0 aliphatic carbocycles. The zero-order valence-electron chi connectivity index (χ0n) is 7.49. The minimum absolute atomic E-state index is 0. The van der Waals surface area contributed by atoms with E-state index in [-0.39, 0.29) is 27.2 Å². The van der Waals surface area contributed by atoms with Gasteiger partial charge in [0.2, 0.25) is 0 Å². The Morgan fingerprint density at radius 1 is 1.36 bits per heavy atom. The maximum Gasteiger partial charge on any atom is 0.326 e. The van der Waals surface area contributed by atoms with Crippen molar-refractivity contribution in [1.82, 2.24) is 0 Å². The molecule has 0 fully saturated rings. The van der Waals surface area contributed by atoms with E-state index in [0.717, 1.165) is 0 Å². The first kappa shape index (κ1) is 15.3. The largest absolute Gasteiger partial charge is 0.465 e. The molecular formula is C8H18N2O4. The Morgan fingerprint density at radius 2 is 1.93 bits per heavy atom.